The van der Waals surface area contributed by atoms with Crippen LogP contribution in [0.2, 0.25) is 0 Å². The van der Waals surface area contributed by atoms with Gasteiger partial charge < -0.3 is 19.5 Å². The van der Waals surface area contributed by atoms with Crippen LogP contribution in [0.15, 0.2) is 52.9 Å². The van der Waals surface area contributed by atoms with Gasteiger partial charge in [-0.1, -0.05) is 37.3 Å². The minimum Gasteiger partial charge on any atom is -0.478 e. The normalized spacial score (nSPS) is 17.0. The van der Waals surface area contributed by atoms with Gasteiger partial charge in [0.15, 0.2) is 0 Å². The summed E-state index contributed by atoms with van der Waals surface area (Å²) in [4.78, 5) is 37.7. The predicted molar refractivity (Wildman–Crippen MR) is 97.2 cm³/mol. The fourth-order valence-corrected chi connectivity index (χ4v) is 3.21. The quantitative estimate of drug-likeness (QED) is 0.766. The fourth-order valence-electron chi connectivity index (χ4n) is 3.21. The molecule has 2 rings (SSSR count). The van der Waals surface area contributed by atoms with E-state index in [1.807, 2.05) is 30.3 Å². The first-order valence-electron chi connectivity index (χ1n) is 8.48. The number of carbonyl (C=O) groups is 3. The van der Waals surface area contributed by atoms with Crippen LogP contribution in [0.1, 0.15) is 26.3 Å². The van der Waals surface area contributed by atoms with Crippen molar-refractivity contribution in [3.8, 4) is 0 Å². The summed E-state index contributed by atoms with van der Waals surface area (Å²) in [7, 11) is 1.25. The van der Waals surface area contributed by atoms with E-state index in [1.165, 1.54) is 12.0 Å². The van der Waals surface area contributed by atoms with Crippen molar-refractivity contribution in [2.45, 2.75) is 27.4 Å². The summed E-state index contributed by atoms with van der Waals surface area (Å²) in [5, 5.41) is 9.61. The van der Waals surface area contributed by atoms with Gasteiger partial charge in [-0.2, -0.15) is 0 Å². The van der Waals surface area contributed by atoms with E-state index >= 15 is 0 Å². The summed E-state index contributed by atoms with van der Waals surface area (Å²) in [6.45, 7) is 4.81. The molecule has 7 nitrogen and oxygen atoms in total. The molecule has 0 fully saturated rings. The van der Waals surface area contributed by atoms with Crippen molar-refractivity contribution < 1.29 is 29.0 Å². The molecule has 0 radical (unpaired) electrons. The lowest BCUT2D eigenvalue weighted by Gasteiger charge is -2.35. The van der Waals surface area contributed by atoms with Crippen LogP contribution in [0.3, 0.4) is 0 Å². The maximum Gasteiger partial charge on any atom is 0.336 e. The molecule has 0 saturated heterocycles. The number of esters is 2. The minimum absolute atomic E-state index is 0.0520. The van der Waals surface area contributed by atoms with E-state index in [0.717, 1.165) is 5.56 Å². The third-order valence-corrected chi connectivity index (χ3v) is 4.63. The average Bonchev–Trinajstić information content (AvgIpc) is 2.63. The number of hydrogen-bond donors (Lipinski definition) is 1. The van der Waals surface area contributed by atoms with E-state index in [2.05, 4.69) is 4.74 Å². The summed E-state index contributed by atoms with van der Waals surface area (Å²) in [6.07, 6.45) is 0. The molecule has 1 aromatic carbocycles. The Morgan fingerprint density at radius 1 is 1.07 bits per heavy atom. The van der Waals surface area contributed by atoms with Crippen LogP contribution in [0, 0.1) is 5.92 Å². The van der Waals surface area contributed by atoms with E-state index in [4.69, 9.17) is 4.74 Å². The third-order valence-electron chi connectivity index (χ3n) is 4.63. The van der Waals surface area contributed by atoms with Gasteiger partial charge in [0, 0.05) is 17.3 Å². The van der Waals surface area contributed by atoms with Crippen LogP contribution in [-0.2, 0) is 30.5 Å². The van der Waals surface area contributed by atoms with Crippen molar-refractivity contribution in [3.63, 3.8) is 0 Å². The molecule has 0 amide bonds. The summed E-state index contributed by atoms with van der Waals surface area (Å²) in [5.41, 5.74) is 1.98. The standard InChI is InChI=1S/C20H23NO6/c1-12-17(19(23)24)13(2)21(10-16(22)26-4)14(3)18(12)20(25)27-11-15-8-6-5-7-9-15/h5-9,12H,10-11H2,1-4H3,(H,23,24). The molecule has 1 aromatic rings. The van der Waals surface area contributed by atoms with Crippen molar-refractivity contribution >= 4 is 17.9 Å². The predicted octanol–water partition coefficient (Wildman–Crippen LogP) is 2.49. The molecule has 144 valence electrons. The number of aliphatic carboxylic acids is 1. The van der Waals surface area contributed by atoms with Gasteiger partial charge in [0.05, 0.1) is 18.3 Å². The Bertz CT molecular complexity index is 809. The van der Waals surface area contributed by atoms with Crippen LogP contribution in [0.5, 0.6) is 0 Å². The molecule has 7 heteroatoms. The number of hydrogen-bond acceptors (Lipinski definition) is 6. The minimum atomic E-state index is -1.14. The van der Waals surface area contributed by atoms with Gasteiger partial charge >= 0.3 is 17.9 Å². The van der Waals surface area contributed by atoms with Gasteiger partial charge in [0.2, 0.25) is 0 Å². The molecular formula is C20H23NO6. The Morgan fingerprint density at radius 3 is 2.22 bits per heavy atom. The van der Waals surface area contributed by atoms with Crippen molar-refractivity contribution in [2.75, 3.05) is 13.7 Å². The first-order valence-corrected chi connectivity index (χ1v) is 8.48. The van der Waals surface area contributed by atoms with E-state index in [9.17, 15) is 19.5 Å². The van der Waals surface area contributed by atoms with Gasteiger partial charge in [0.25, 0.3) is 0 Å². The van der Waals surface area contributed by atoms with E-state index in [-0.39, 0.29) is 24.3 Å². The molecular weight excluding hydrogens is 350 g/mol. The molecule has 0 aliphatic carbocycles. The first kappa shape index (κ1) is 20.2. The molecule has 0 bridgehead atoms. The van der Waals surface area contributed by atoms with E-state index in [0.29, 0.717) is 11.4 Å². The summed E-state index contributed by atoms with van der Waals surface area (Å²) >= 11 is 0. The van der Waals surface area contributed by atoms with Crippen molar-refractivity contribution in [3.05, 3.63) is 58.4 Å². The van der Waals surface area contributed by atoms with Gasteiger partial charge in [-0.3, -0.25) is 4.79 Å². The highest BCUT2D eigenvalue weighted by molar-refractivity contribution is 5.97. The Hall–Kier alpha value is -3.09. The summed E-state index contributed by atoms with van der Waals surface area (Å²) < 4.78 is 10.1. The van der Waals surface area contributed by atoms with Gasteiger partial charge in [-0.15, -0.1) is 0 Å². The van der Waals surface area contributed by atoms with Gasteiger partial charge in [-0.05, 0) is 19.4 Å². The van der Waals surface area contributed by atoms with E-state index < -0.39 is 23.8 Å². The zero-order chi connectivity index (χ0) is 20.1. The Kier molecular flexibility index (Phi) is 6.39. The highest BCUT2D eigenvalue weighted by Gasteiger charge is 2.37. The summed E-state index contributed by atoms with van der Waals surface area (Å²) in [6, 6.07) is 9.19. The molecule has 0 aromatic heterocycles. The van der Waals surface area contributed by atoms with E-state index in [1.54, 1.807) is 20.8 Å². The number of nitrogens with zero attached hydrogens (tertiary/aromatic N) is 1. The highest BCUT2D eigenvalue weighted by Crippen LogP contribution is 2.35. The van der Waals surface area contributed by atoms with Crippen LogP contribution >= 0.6 is 0 Å². The molecule has 27 heavy (non-hydrogen) atoms. The number of methoxy groups -OCH3 is 1. The molecule has 1 unspecified atom stereocenters. The summed E-state index contributed by atoms with van der Waals surface area (Å²) in [5.74, 6) is -2.95. The number of carboxylic acid groups (broad SMARTS) is 1. The van der Waals surface area contributed by atoms with Crippen molar-refractivity contribution in [1.82, 2.24) is 4.90 Å². The lowest BCUT2D eigenvalue weighted by molar-refractivity contribution is -0.143. The zero-order valence-electron chi connectivity index (χ0n) is 15.8. The smallest absolute Gasteiger partial charge is 0.336 e. The van der Waals surface area contributed by atoms with Crippen LogP contribution in [0.4, 0.5) is 0 Å². The first-order chi connectivity index (χ1) is 12.8. The van der Waals surface area contributed by atoms with Gasteiger partial charge in [0.1, 0.15) is 13.2 Å². The lowest BCUT2D eigenvalue weighted by atomic mass is 9.86. The Morgan fingerprint density at radius 2 is 1.67 bits per heavy atom. The Labute approximate surface area is 157 Å². The monoisotopic (exact) mass is 373 g/mol. The molecule has 1 atom stereocenters. The topological polar surface area (TPSA) is 93.1 Å². The molecule has 1 aliphatic heterocycles. The molecule has 1 aliphatic rings. The molecule has 0 spiro atoms. The number of ether oxygens (including phenoxy) is 2. The second-order valence-corrected chi connectivity index (χ2v) is 6.25. The lowest BCUT2D eigenvalue weighted by Crippen LogP contribution is -2.37. The molecule has 1 N–H and O–H groups in total. The largest absolute Gasteiger partial charge is 0.478 e. The van der Waals surface area contributed by atoms with Crippen LogP contribution < -0.4 is 0 Å². The van der Waals surface area contributed by atoms with Crippen LogP contribution in [-0.4, -0.2) is 41.6 Å². The number of rotatable bonds is 6. The second kappa shape index (κ2) is 8.53. The number of benzene rings is 1. The van der Waals surface area contributed by atoms with Crippen molar-refractivity contribution in [2.24, 2.45) is 5.92 Å². The Balaban J connectivity index is 2.34. The fraction of sp³-hybridized carbons (Fsp3) is 0.350. The number of carbonyl (C=O) groups excluding carboxylic acids is 2. The maximum atomic E-state index is 12.7. The molecule has 1 heterocycles. The van der Waals surface area contributed by atoms with Crippen molar-refractivity contribution in [1.29, 1.82) is 0 Å². The zero-order valence-corrected chi connectivity index (χ0v) is 15.8. The highest BCUT2D eigenvalue weighted by atomic mass is 16.5. The van der Waals surface area contributed by atoms with Gasteiger partial charge in [-0.25, -0.2) is 9.59 Å². The number of allylic oxidation sites excluding steroid dienone is 2. The third kappa shape index (κ3) is 4.36. The van der Waals surface area contributed by atoms with Crippen LogP contribution in [0.25, 0.3) is 0 Å². The molecule has 0 saturated carbocycles. The maximum absolute atomic E-state index is 12.7. The average molecular weight is 373 g/mol. The number of carboxylic acids is 1. The SMILES string of the molecule is COC(=O)CN1C(C)=C(C(=O)O)C(C)C(C(=O)OCc2ccccc2)=C1C. The second-order valence-electron chi connectivity index (χ2n) is 6.25.